The van der Waals surface area contributed by atoms with E-state index in [2.05, 4.69) is 10.2 Å². The number of nitro groups is 1. The molecule has 0 aliphatic carbocycles. The predicted molar refractivity (Wildman–Crippen MR) is 93.1 cm³/mol. The molecule has 0 spiro atoms. The number of benzene rings is 1. The lowest BCUT2D eigenvalue weighted by Crippen LogP contribution is -2.43. The second kappa shape index (κ2) is 9.44. The van der Waals surface area contributed by atoms with Crippen LogP contribution in [0.4, 0.5) is 5.69 Å². The van der Waals surface area contributed by atoms with Gasteiger partial charge in [-0.3, -0.25) is 10.1 Å². The summed E-state index contributed by atoms with van der Waals surface area (Å²) in [6.45, 7) is 7.58. The van der Waals surface area contributed by atoms with Crippen LogP contribution in [0.5, 0.6) is 11.5 Å². The summed E-state index contributed by atoms with van der Waals surface area (Å²) in [5, 5.41) is 14.7. The highest BCUT2D eigenvalue weighted by Crippen LogP contribution is 2.38. The fourth-order valence-corrected chi connectivity index (χ4v) is 2.87. The Morgan fingerprint density at radius 2 is 2.08 bits per heavy atom. The number of nitro benzene ring substituents is 1. The minimum absolute atomic E-state index is 0.0139. The molecule has 134 valence electrons. The summed E-state index contributed by atoms with van der Waals surface area (Å²) in [5.41, 5.74) is 0.900. The first-order valence-electron chi connectivity index (χ1n) is 8.57. The zero-order chi connectivity index (χ0) is 17.4. The van der Waals surface area contributed by atoms with Crippen molar-refractivity contribution in [1.82, 2.24) is 10.2 Å². The summed E-state index contributed by atoms with van der Waals surface area (Å²) < 4.78 is 10.9. The number of piperazine rings is 1. The Morgan fingerprint density at radius 1 is 1.33 bits per heavy atom. The SMILES string of the molecule is CCCOc1c(OC)cc(CCCN2CCNCC2)cc1[N+](=O)[O-]. The van der Waals surface area contributed by atoms with Crippen molar-refractivity contribution in [2.24, 2.45) is 0 Å². The van der Waals surface area contributed by atoms with Crippen molar-refractivity contribution in [2.45, 2.75) is 26.2 Å². The Hall–Kier alpha value is -1.86. The van der Waals surface area contributed by atoms with Crippen molar-refractivity contribution in [2.75, 3.05) is 46.4 Å². The summed E-state index contributed by atoms with van der Waals surface area (Å²) in [7, 11) is 1.52. The Bertz CT molecular complexity index is 545. The second-order valence-corrected chi connectivity index (χ2v) is 5.95. The van der Waals surface area contributed by atoms with Crippen molar-refractivity contribution >= 4 is 5.69 Å². The van der Waals surface area contributed by atoms with Crippen LogP contribution in [0.1, 0.15) is 25.3 Å². The zero-order valence-corrected chi connectivity index (χ0v) is 14.5. The van der Waals surface area contributed by atoms with Crippen molar-refractivity contribution in [3.8, 4) is 11.5 Å². The number of ether oxygens (including phenoxy) is 2. The normalized spacial score (nSPS) is 15.2. The number of nitrogens with zero attached hydrogens (tertiary/aromatic N) is 2. The van der Waals surface area contributed by atoms with Gasteiger partial charge in [0.2, 0.25) is 5.75 Å². The molecule has 0 bridgehead atoms. The van der Waals surface area contributed by atoms with Crippen LogP contribution in [0, 0.1) is 10.1 Å². The minimum atomic E-state index is -0.396. The summed E-state index contributed by atoms with van der Waals surface area (Å²) >= 11 is 0. The lowest BCUT2D eigenvalue weighted by Gasteiger charge is -2.27. The van der Waals surface area contributed by atoms with Crippen LogP contribution in [-0.4, -0.2) is 56.3 Å². The van der Waals surface area contributed by atoms with Gasteiger partial charge < -0.3 is 19.7 Å². The van der Waals surface area contributed by atoms with E-state index in [4.69, 9.17) is 9.47 Å². The second-order valence-electron chi connectivity index (χ2n) is 5.95. The van der Waals surface area contributed by atoms with E-state index in [0.717, 1.165) is 57.5 Å². The van der Waals surface area contributed by atoms with E-state index in [0.29, 0.717) is 12.4 Å². The number of methoxy groups -OCH3 is 1. The van der Waals surface area contributed by atoms with Crippen molar-refractivity contribution < 1.29 is 14.4 Å². The van der Waals surface area contributed by atoms with Gasteiger partial charge in [0, 0.05) is 32.2 Å². The Kier molecular flexibility index (Phi) is 7.27. The molecule has 1 aliphatic heterocycles. The molecule has 24 heavy (non-hydrogen) atoms. The number of aryl methyl sites for hydroxylation is 1. The number of hydrogen-bond acceptors (Lipinski definition) is 6. The smallest absolute Gasteiger partial charge is 0.315 e. The highest BCUT2D eigenvalue weighted by atomic mass is 16.6. The minimum Gasteiger partial charge on any atom is -0.493 e. The van der Waals surface area contributed by atoms with Gasteiger partial charge in [-0.1, -0.05) is 6.92 Å². The summed E-state index contributed by atoms with van der Waals surface area (Å²) in [6, 6.07) is 3.47. The van der Waals surface area contributed by atoms with Crippen molar-refractivity contribution in [1.29, 1.82) is 0 Å². The zero-order valence-electron chi connectivity index (χ0n) is 14.5. The first kappa shape index (κ1) is 18.5. The van der Waals surface area contributed by atoms with Crippen LogP contribution < -0.4 is 14.8 Å². The Balaban J connectivity index is 2.06. The highest BCUT2D eigenvalue weighted by Gasteiger charge is 2.22. The van der Waals surface area contributed by atoms with Gasteiger partial charge in [0.25, 0.3) is 0 Å². The summed E-state index contributed by atoms with van der Waals surface area (Å²) in [4.78, 5) is 13.4. The summed E-state index contributed by atoms with van der Waals surface area (Å²) in [6.07, 6.45) is 2.54. The van der Waals surface area contributed by atoms with Crippen molar-refractivity contribution in [3.63, 3.8) is 0 Å². The molecule has 1 heterocycles. The van der Waals surface area contributed by atoms with Crippen LogP contribution in [-0.2, 0) is 6.42 Å². The van der Waals surface area contributed by atoms with Gasteiger partial charge in [-0.25, -0.2) is 0 Å². The molecule has 1 aromatic rings. The molecule has 0 aromatic heterocycles. The van der Waals surface area contributed by atoms with Crippen LogP contribution in [0.2, 0.25) is 0 Å². The van der Waals surface area contributed by atoms with E-state index in [1.54, 1.807) is 6.07 Å². The van der Waals surface area contributed by atoms with E-state index in [9.17, 15) is 10.1 Å². The molecule has 0 amide bonds. The van der Waals surface area contributed by atoms with Gasteiger partial charge in [0.15, 0.2) is 5.75 Å². The fourth-order valence-electron chi connectivity index (χ4n) is 2.87. The van der Waals surface area contributed by atoms with Gasteiger partial charge in [0.1, 0.15) is 0 Å². The first-order valence-corrected chi connectivity index (χ1v) is 8.57. The average Bonchev–Trinajstić information content (AvgIpc) is 2.60. The average molecular weight is 337 g/mol. The molecule has 0 saturated carbocycles. The Labute approximate surface area is 143 Å². The van der Waals surface area contributed by atoms with E-state index >= 15 is 0 Å². The molecule has 1 fully saturated rings. The van der Waals surface area contributed by atoms with E-state index in [1.807, 2.05) is 13.0 Å². The highest BCUT2D eigenvalue weighted by molar-refractivity contribution is 5.58. The summed E-state index contributed by atoms with van der Waals surface area (Å²) in [5.74, 6) is 0.671. The largest absolute Gasteiger partial charge is 0.493 e. The molecule has 1 N–H and O–H groups in total. The lowest BCUT2D eigenvalue weighted by molar-refractivity contribution is -0.386. The van der Waals surface area contributed by atoms with Crippen LogP contribution in [0.25, 0.3) is 0 Å². The van der Waals surface area contributed by atoms with Crippen LogP contribution >= 0.6 is 0 Å². The monoisotopic (exact) mass is 337 g/mol. The fraction of sp³-hybridized carbons (Fsp3) is 0.647. The number of nitrogens with one attached hydrogen (secondary N) is 1. The third kappa shape index (κ3) is 5.07. The van der Waals surface area contributed by atoms with Gasteiger partial charge >= 0.3 is 5.69 Å². The standard InChI is InChI=1S/C17H27N3O4/c1-3-11-24-17-15(20(21)22)12-14(13-16(17)23-2)5-4-8-19-9-6-18-7-10-19/h12-13,18H,3-11H2,1-2H3. The van der Waals surface area contributed by atoms with Gasteiger partial charge in [-0.05, 0) is 37.4 Å². The van der Waals surface area contributed by atoms with E-state index in [1.165, 1.54) is 7.11 Å². The lowest BCUT2D eigenvalue weighted by atomic mass is 10.1. The maximum atomic E-state index is 11.4. The van der Waals surface area contributed by atoms with Gasteiger partial charge in [-0.15, -0.1) is 0 Å². The quantitative estimate of drug-likeness (QED) is 0.550. The Morgan fingerprint density at radius 3 is 2.71 bits per heavy atom. The third-order valence-corrected chi connectivity index (χ3v) is 4.11. The molecule has 2 rings (SSSR count). The molecule has 0 atom stereocenters. The number of hydrogen-bond donors (Lipinski definition) is 1. The molecular weight excluding hydrogens is 310 g/mol. The molecule has 1 aromatic carbocycles. The van der Waals surface area contributed by atoms with Crippen LogP contribution in [0.15, 0.2) is 12.1 Å². The maximum Gasteiger partial charge on any atom is 0.315 e. The van der Waals surface area contributed by atoms with E-state index in [-0.39, 0.29) is 11.4 Å². The first-order chi connectivity index (χ1) is 11.7. The van der Waals surface area contributed by atoms with Gasteiger partial charge in [0.05, 0.1) is 18.6 Å². The molecule has 1 aliphatic rings. The molecule has 0 radical (unpaired) electrons. The van der Waals surface area contributed by atoms with Gasteiger partial charge in [-0.2, -0.15) is 0 Å². The molecular formula is C17H27N3O4. The number of rotatable bonds is 9. The third-order valence-electron chi connectivity index (χ3n) is 4.11. The molecule has 7 nitrogen and oxygen atoms in total. The van der Waals surface area contributed by atoms with Crippen LogP contribution in [0.3, 0.4) is 0 Å². The predicted octanol–water partition coefficient (Wildman–Crippen LogP) is 2.23. The topological polar surface area (TPSA) is 76.9 Å². The van der Waals surface area contributed by atoms with E-state index < -0.39 is 4.92 Å². The maximum absolute atomic E-state index is 11.4. The molecule has 0 unspecified atom stereocenters. The molecule has 1 saturated heterocycles. The molecule has 7 heteroatoms. The van der Waals surface area contributed by atoms with Crippen molar-refractivity contribution in [3.05, 3.63) is 27.8 Å².